The van der Waals surface area contributed by atoms with Crippen LogP contribution in [-0.4, -0.2) is 18.5 Å². The third-order valence-electron chi connectivity index (χ3n) is 3.73. The Kier molecular flexibility index (Phi) is 4.14. The normalized spacial score (nSPS) is 14.7. The lowest BCUT2D eigenvalue weighted by atomic mass is 10.2. The van der Waals surface area contributed by atoms with Crippen molar-refractivity contribution in [1.29, 1.82) is 0 Å². The largest absolute Gasteiger partial charge is 0.374 e. The Hall–Kier alpha value is -1.56. The Balaban J connectivity index is 1.74. The first-order valence-electron chi connectivity index (χ1n) is 7.06. The quantitative estimate of drug-likeness (QED) is 0.809. The molecule has 3 rings (SSSR count). The summed E-state index contributed by atoms with van der Waals surface area (Å²) in [5.74, 6) is 0.124. The van der Waals surface area contributed by atoms with Crippen LogP contribution in [0.1, 0.15) is 12.5 Å². The van der Waals surface area contributed by atoms with Crippen molar-refractivity contribution >= 4 is 39.9 Å². The fourth-order valence-electron chi connectivity index (χ4n) is 2.69. The number of amides is 1. The number of fused-ring (bicyclic) bond motifs is 1. The number of benzene rings is 2. The van der Waals surface area contributed by atoms with Crippen molar-refractivity contribution < 1.29 is 4.79 Å². The molecule has 0 spiro atoms. The van der Waals surface area contributed by atoms with E-state index in [1.165, 1.54) is 5.56 Å². The highest BCUT2D eigenvalue weighted by Gasteiger charge is 2.27. The molecule has 3 nitrogen and oxygen atoms in total. The van der Waals surface area contributed by atoms with Crippen LogP contribution < -0.4 is 10.2 Å². The maximum atomic E-state index is 12.7. The second-order valence-electron chi connectivity index (χ2n) is 5.24. The molecule has 2 aromatic rings. The summed E-state index contributed by atoms with van der Waals surface area (Å²) >= 11 is 2.27. The van der Waals surface area contributed by atoms with Gasteiger partial charge in [0.05, 0.1) is 0 Å². The molecule has 1 N–H and O–H groups in total. The topological polar surface area (TPSA) is 32.3 Å². The van der Waals surface area contributed by atoms with Crippen LogP contribution in [0.15, 0.2) is 48.5 Å². The Labute approximate surface area is 138 Å². The summed E-state index contributed by atoms with van der Waals surface area (Å²) in [6, 6.07) is 16.0. The Bertz CT molecular complexity index is 671. The number of carbonyl (C=O) groups excluding carboxylic acids is 1. The molecule has 0 fully saturated rings. The molecule has 1 heterocycles. The van der Waals surface area contributed by atoms with Gasteiger partial charge in [0, 0.05) is 21.5 Å². The molecule has 0 aliphatic carbocycles. The van der Waals surface area contributed by atoms with Crippen LogP contribution in [0.2, 0.25) is 0 Å². The zero-order chi connectivity index (χ0) is 14.8. The summed E-state index contributed by atoms with van der Waals surface area (Å²) in [6.07, 6.45) is 0.942. The van der Waals surface area contributed by atoms with Crippen LogP contribution in [0.4, 0.5) is 11.4 Å². The number of para-hydroxylation sites is 1. The van der Waals surface area contributed by atoms with Gasteiger partial charge in [0.25, 0.3) is 0 Å². The number of hydrogen-bond acceptors (Lipinski definition) is 2. The van der Waals surface area contributed by atoms with E-state index in [2.05, 4.69) is 34.0 Å². The minimum atomic E-state index is -0.241. The highest BCUT2D eigenvalue weighted by atomic mass is 127. The van der Waals surface area contributed by atoms with Gasteiger partial charge in [-0.2, -0.15) is 0 Å². The Morgan fingerprint density at radius 1 is 1.24 bits per heavy atom. The molecule has 0 saturated carbocycles. The van der Waals surface area contributed by atoms with Gasteiger partial charge in [-0.3, -0.25) is 4.79 Å². The van der Waals surface area contributed by atoms with Crippen LogP contribution in [0.3, 0.4) is 0 Å². The number of anilines is 2. The maximum Gasteiger partial charge on any atom is 0.249 e. The van der Waals surface area contributed by atoms with Crippen molar-refractivity contribution in [2.75, 3.05) is 16.8 Å². The second kappa shape index (κ2) is 6.05. The molecule has 1 amide bonds. The highest BCUT2D eigenvalue weighted by molar-refractivity contribution is 14.1. The third-order valence-corrected chi connectivity index (χ3v) is 4.40. The molecule has 2 aromatic carbocycles. The van der Waals surface area contributed by atoms with Crippen LogP contribution >= 0.6 is 22.6 Å². The SMILES string of the molecule is C[C@@H](Nc1cccc(I)c1)C(=O)N1CCc2ccccc21. The van der Waals surface area contributed by atoms with Crippen LogP contribution in [0.25, 0.3) is 0 Å². The summed E-state index contributed by atoms with van der Waals surface area (Å²) in [5.41, 5.74) is 3.29. The lowest BCUT2D eigenvalue weighted by molar-refractivity contribution is -0.118. The molecule has 1 aliphatic rings. The van der Waals surface area contributed by atoms with Gasteiger partial charge < -0.3 is 10.2 Å². The van der Waals surface area contributed by atoms with Gasteiger partial charge in [0.1, 0.15) is 6.04 Å². The molecular weight excluding hydrogens is 375 g/mol. The average molecular weight is 392 g/mol. The van der Waals surface area contributed by atoms with Crippen molar-refractivity contribution in [3.63, 3.8) is 0 Å². The highest BCUT2D eigenvalue weighted by Crippen LogP contribution is 2.28. The van der Waals surface area contributed by atoms with Gasteiger partial charge in [-0.15, -0.1) is 0 Å². The molecule has 108 valence electrons. The Morgan fingerprint density at radius 3 is 2.86 bits per heavy atom. The van der Waals surface area contributed by atoms with Gasteiger partial charge in [0.2, 0.25) is 5.91 Å². The van der Waals surface area contributed by atoms with Crippen molar-refractivity contribution in [3.8, 4) is 0 Å². The van der Waals surface area contributed by atoms with Crippen LogP contribution in [0, 0.1) is 3.57 Å². The fraction of sp³-hybridized carbons (Fsp3) is 0.235. The minimum absolute atomic E-state index is 0.124. The standard InChI is InChI=1S/C17H17IN2O/c1-12(19-15-7-4-6-14(18)11-15)17(21)20-10-9-13-5-2-3-8-16(13)20/h2-8,11-12,19H,9-10H2,1H3/t12-/m1/s1. The lowest BCUT2D eigenvalue weighted by Crippen LogP contribution is -2.40. The molecule has 1 atom stereocenters. The number of halogens is 1. The van der Waals surface area contributed by atoms with E-state index in [0.29, 0.717) is 0 Å². The monoisotopic (exact) mass is 392 g/mol. The molecule has 21 heavy (non-hydrogen) atoms. The molecule has 1 aliphatic heterocycles. The number of rotatable bonds is 3. The zero-order valence-electron chi connectivity index (χ0n) is 11.8. The van der Waals surface area contributed by atoms with Gasteiger partial charge in [-0.05, 0) is 65.8 Å². The molecule has 0 radical (unpaired) electrons. The first-order valence-corrected chi connectivity index (χ1v) is 8.14. The second-order valence-corrected chi connectivity index (χ2v) is 6.49. The lowest BCUT2D eigenvalue weighted by Gasteiger charge is -2.23. The minimum Gasteiger partial charge on any atom is -0.374 e. The van der Waals surface area contributed by atoms with Crippen molar-refractivity contribution in [1.82, 2.24) is 0 Å². The van der Waals surface area contributed by atoms with Crippen molar-refractivity contribution in [2.24, 2.45) is 0 Å². The first-order chi connectivity index (χ1) is 10.1. The number of carbonyl (C=O) groups is 1. The van der Waals surface area contributed by atoms with Crippen molar-refractivity contribution in [2.45, 2.75) is 19.4 Å². The summed E-state index contributed by atoms with van der Waals surface area (Å²) in [4.78, 5) is 14.5. The van der Waals surface area contributed by atoms with Gasteiger partial charge in [-0.25, -0.2) is 0 Å². The van der Waals surface area contributed by atoms with E-state index in [1.54, 1.807) is 0 Å². The van der Waals surface area contributed by atoms with E-state index in [-0.39, 0.29) is 11.9 Å². The molecule has 0 unspecified atom stereocenters. The van der Waals surface area contributed by atoms with Gasteiger partial charge in [-0.1, -0.05) is 24.3 Å². The molecule has 0 bridgehead atoms. The average Bonchev–Trinajstić information content (AvgIpc) is 2.90. The number of hydrogen-bond donors (Lipinski definition) is 1. The fourth-order valence-corrected chi connectivity index (χ4v) is 3.23. The third kappa shape index (κ3) is 3.05. The van der Waals surface area contributed by atoms with E-state index in [1.807, 2.05) is 54.3 Å². The predicted molar refractivity (Wildman–Crippen MR) is 94.7 cm³/mol. The van der Waals surface area contributed by atoms with Gasteiger partial charge >= 0.3 is 0 Å². The Morgan fingerprint density at radius 2 is 2.05 bits per heavy atom. The van der Waals surface area contributed by atoms with E-state index in [0.717, 1.165) is 27.9 Å². The summed E-state index contributed by atoms with van der Waals surface area (Å²) in [6.45, 7) is 2.69. The number of nitrogens with zero attached hydrogens (tertiary/aromatic N) is 1. The molecular formula is C17H17IN2O. The number of nitrogens with one attached hydrogen (secondary N) is 1. The molecule has 4 heteroatoms. The van der Waals surface area contributed by atoms with Crippen LogP contribution in [-0.2, 0) is 11.2 Å². The summed E-state index contributed by atoms with van der Waals surface area (Å²) in [5, 5.41) is 3.29. The van der Waals surface area contributed by atoms with Crippen molar-refractivity contribution in [3.05, 3.63) is 57.7 Å². The smallest absolute Gasteiger partial charge is 0.249 e. The summed E-state index contributed by atoms with van der Waals surface area (Å²) < 4.78 is 1.16. The van der Waals surface area contributed by atoms with E-state index in [4.69, 9.17) is 0 Å². The van der Waals surface area contributed by atoms with E-state index >= 15 is 0 Å². The predicted octanol–water partition coefficient (Wildman–Crippen LogP) is 3.68. The van der Waals surface area contributed by atoms with E-state index < -0.39 is 0 Å². The first kappa shape index (κ1) is 14.4. The zero-order valence-corrected chi connectivity index (χ0v) is 14.0. The van der Waals surface area contributed by atoms with Gasteiger partial charge in [0.15, 0.2) is 0 Å². The maximum absolute atomic E-state index is 12.7. The summed E-state index contributed by atoms with van der Waals surface area (Å²) in [7, 11) is 0. The molecule has 0 saturated heterocycles. The van der Waals surface area contributed by atoms with E-state index in [9.17, 15) is 4.79 Å². The van der Waals surface area contributed by atoms with Crippen LogP contribution in [0.5, 0.6) is 0 Å². The molecule has 0 aromatic heterocycles.